The van der Waals surface area contributed by atoms with Crippen molar-refractivity contribution in [2.75, 3.05) is 6.61 Å². The van der Waals surface area contributed by atoms with E-state index in [0.29, 0.717) is 37.0 Å². The monoisotopic (exact) mass is 293 g/mol. The quantitative estimate of drug-likeness (QED) is 0.755. The number of carbonyl (C=O) groups is 2. The third-order valence-corrected chi connectivity index (χ3v) is 3.91. The molecule has 2 rings (SSSR count). The van der Waals surface area contributed by atoms with Gasteiger partial charge in [0, 0.05) is 5.56 Å². The van der Waals surface area contributed by atoms with Gasteiger partial charge in [0.15, 0.2) is 0 Å². The Balaban J connectivity index is 1.88. The van der Waals surface area contributed by atoms with E-state index in [1.807, 2.05) is 0 Å². The Morgan fingerprint density at radius 2 is 1.81 bits per heavy atom. The van der Waals surface area contributed by atoms with Crippen molar-refractivity contribution in [1.29, 1.82) is 0 Å². The molecule has 0 atom stereocenters. The van der Waals surface area contributed by atoms with E-state index in [1.54, 1.807) is 24.3 Å². The van der Waals surface area contributed by atoms with Gasteiger partial charge in [0.2, 0.25) is 5.91 Å². The summed E-state index contributed by atoms with van der Waals surface area (Å²) in [5.74, 6) is -1.15. The Morgan fingerprint density at radius 1 is 1.24 bits per heavy atom. The van der Waals surface area contributed by atoms with Gasteiger partial charge in [-0.2, -0.15) is 0 Å². The summed E-state index contributed by atoms with van der Waals surface area (Å²) < 4.78 is 5.53. The molecule has 0 aromatic heterocycles. The van der Waals surface area contributed by atoms with Crippen LogP contribution in [0.4, 0.5) is 0 Å². The summed E-state index contributed by atoms with van der Waals surface area (Å²) in [6.07, 6.45) is 1.72. The lowest BCUT2D eigenvalue weighted by molar-refractivity contribution is -0.145. The molecule has 6 nitrogen and oxygen atoms in total. The Bertz CT molecular complexity index is 517. The summed E-state index contributed by atoms with van der Waals surface area (Å²) in [6.45, 7) is 0.106. The molecule has 1 aliphatic carbocycles. The van der Waals surface area contributed by atoms with Crippen molar-refractivity contribution in [3.63, 3.8) is 0 Å². The first-order valence-electron chi connectivity index (χ1n) is 6.87. The second-order valence-electron chi connectivity index (χ2n) is 5.51. The Labute approximate surface area is 122 Å². The van der Waals surface area contributed by atoms with Crippen LogP contribution in [0.25, 0.3) is 0 Å². The van der Waals surface area contributed by atoms with Crippen LogP contribution in [-0.4, -0.2) is 34.3 Å². The number of benzene rings is 1. The Hall–Kier alpha value is -2.08. The molecule has 0 bridgehead atoms. The molecule has 0 radical (unpaired) electrons. The molecule has 1 saturated carbocycles. The number of hydrogen-bond donors (Lipinski definition) is 3. The average molecular weight is 293 g/mol. The largest absolute Gasteiger partial charge is 0.491 e. The van der Waals surface area contributed by atoms with Crippen LogP contribution >= 0.6 is 0 Å². The van der Waals surface area contributed by atoms with E-state index in [1.165, 1.54) is 0 Å². The van der Waals surface area contributed by atoms with Crippen LogP contribution in [0.1, 0.15) is 36.0 Å². The van der Waals surface area contributed by atoms with Crippen molar-refractivity contribution in [3.8, 4) is 5.75 Å². The lowest BCUT2D eigenvalue weighted by Gasteiger charge is -2.34. The first-order chi connectivity index (χ1) is 9.89. The van der Waals surface area contributed by atoms with Crippen LogP contribution in [-0.2, 0) is 4.79 Å². The van der Waals surface area contributed by atoms with Gasteiger partial charge in [0.1, 0.15) is 12.4 Å². The fourth-order valence-corrected chi connectivity index (χ4v) is 2.48. The van der Waals surface area contributed by atoms with Crippen LogP contribution < -0.4 is 10.5 Å². The smallest absolute Gasteiger partial charge is 0.306 e. The number of aliphatic hydroxyl groups is 1. The van der Waals surface area contributed by atoms with Gasteiger partial charge < -0.3 is 20.7 Å². The SMILES string of the molecule is NC(=O)c1ccc(OCC2(O)CCC(C(=O)O)CC2)cc1. The molecule has 4 N–H and O–H groups in total. The zero-order chi connectivity index (χ0) is 15.5. The molecule has 1 aromatic rings. The first kappa shape index (κ1) is 15.3. The number of carboxylic acids is 1. The van der Waals surface area contributed by atoms with E-state index < -0.39 is 17.5 Å². The van der Waals surface area contributed by atoms with Crippen LogP contribution in [0, 0.1) is 5.92 Å². The fraction of sp³-hybridized carbons (Fsp3) is 0.467. The number of amides is 1. The molecule has 114 valence electrons. The van der Waals surface area contributed by atoms with Crippen molar-refractivity contribution in [3.05, 3.63) is 29.8 Å². The van der Waals surface area contributed by atoms with E-state index in [-0.39, 0.29) is 12.5 Å². The molecule has 1 fully saturated rings. The minimum atomic E-state index is -0.992. The predicted molar refractivity (Wildman–Crippen MR) is 75.0 cm³/mol. The lowest BCUT2D eigenvalue weighted by Crippen LogP contribution is -2.41. The molecule has 1 aromatic carbocycles. The summed E-state index contributed by atoms with van der Waals surface area (Å²) in [6, 6.07) is 6.35. The van der Waals surface area contributed by atoms with Gasteiger partial charge in [-0.25, -0.2) is 0 Å². The van der Waals surface area contributed by atoms with Gasteiger partial charge in [0.05, 0.1) is 11.5 Å². The summed E-state index contributed by atoms with van der Waals surface area (Å²) in [5.41, 5.74) is 4.55. The fourth-order valence-electron chi connectivity index (χ4n) is 2.48. The van der Waals surface area contributed by atoms with Crippen LogP contribution in [0.5, 0.6) is 5.75 Å². The Morgan fingerprint density at radius 3 is 2.29 bits per heavy atom. The first-order valence-corrected chi connectivity index (χ1v) is 6.87. The van der Waals surface area contributed by atoms with Gasteiger partial charge in [0.25, 0.3) is 0 Å². The number of carbonyl (C=O) groups excluding carboxylic acids is 1. The number of ether oxygens (including phenoxy) is 1. The molecule has 0 aliphatic heterocycles. The van der Waals surface area contributed by atoms with Crippen molar-refractivity contribution >= 4 is 11.9 Å². The summed E-state index contributed by atoms with van der Waals surface area (Å²) >= 11 is 0. The van der Waals surface area contributed by atoms with E-state index in [4.69, 9.17) is 15.6 Å². The normalized spacial score (nSPS) is 25.3. The van der Waals surface area contributed by atoms with E-state index in [2.05, 4.69) is 0 Å². The van der Waals surface area contributed by atoms with E-state index in [0.717, 1.165) is 0 Å². The molecular weight excluding hydrogens is 274 g/mol. The maximum absolute atomic E-state index is 10.9. The standard InChI is InChI=1S/C15H19NO5/c16-13(17)10-1-3-12(4-2-10)21-9-15(20)7-5-11(6-8-15)14(18)19/h1-4,11,20H,5-9H2,(H2,16,17)(H,18,19). The van der Waals surface area contributed by atoms with Gasteiger partial charge in [-0.3, -0.25) is 9.59 Å². The highest BCUT2D eigenvalue weighted by Gasteiger charge is 2.36. The summed E-state index contributed by atoms with van der Waals surface area (Å²) in [7, 11) is 0. The second-order valence-corrected chi connectivity index (χ2v) is 5.51. The minimum Gasteiger partial charge on any atom is -0.491 e. The zero-order valence-electron chi connectivity index (χ0n) is 11.6. The highest BCUT2D eigenvalue weighted by atomic mass is 16.5. The van der Waals surface area contributed by atoms with Gasteiger partial charge >= 0.3 is 5.97 Å². The highest BCUT2D eigenvalue weighted by molar-refractivity contribution is 5.92. The van der Waals surface area contributed by atoms with Gasteiger partial charge in [-0.05, 0) is 49.9 Å². The minimum absolute atomic E-state index is 0.106. The van der Waals surface area contributed by atoms with Crippen LogP contribution in [0.15, 0.2) is 24.3 Å². The summed E-state index contributed by atoms with van der Waals surface area (Å²) in [5, 5.41) is 19.3. The molecule has 0 saturated heterocycles. The van der Waals surface area contributed by atoms with Crippen molar-refractivity contribution < 1.29 is 24.5 Å². The molecule has 0 unspecified atom stereocenters. The number of rotatable bonds is 5. The van der Waals surface area contributed by atoms with Crippen molar-refractivity contribution in [2.24, 2.45) is 11.7 Å². The maximum atomic E-state index is 10.9. The number of carboxylic acid groups (broad SMARTS) is 1. The van der Waals surface area contributed by atoms with Crippen molar-refractivity contribution in [2.45, 2.75) is 31.3 Å². The topological polar surface area (TPSA) is 110 Å². The highest BCUT2D eigenvalue weighted by Crippen LogP contribution is 2.32. The number of primary amides is 1. The number of nitrogens with two attached hydrogens (primary N) is 1. The molecule has 1 aliphatic rings. The number of hydrogen-bond acceptors (Lipinski definition) is 4. The number of aliphatic carboxylic acids is 1. The second kappa shape index (κ2) is 6.13. The maximum Gasteiger partial charge on any atom is 0.306 e. The molecule has 21 heavy (non-hydrogen) atoms. The van der Waals surface area contributed by atoms with Gasteiger partial charge in [-0.1, -0.05) is 0 Å². The molecule has 6 heteroatoms. The lowest BCUT2D eigenvalue weighted by atomic mass is 9.79. The van der Waals surface area contributed by atoms with Crippen LogP contribution in [0.3, 0.4) is 0 Å². The summed E-state index contributed by atoms with van der Waals surface area (Å²) in [4.78, 5) is 21.8. The molecule has 0 heterocycles. The predicted octanol–water partition coefficient (Wildman–Crippen LogP) is 1.17. The van der Waals surface area contributed by atoms with Gasteiger partial charge in [-0.15, -0.1) is 0 Å². The Kier molecular flexibility index (Phi) is 4.47. The average Bonchev–Trinajstić information content (AvgIpc) is 2.46. The zero-order valence-corrected chi connectivity index (χ0v) is 11.6. The molecular formula is C15H19NO5. The van der Waals surface area contributed by atoms with Crippen molar-refractivity contribution in [1.82, 2.24) is 0 Å². The third-order valence-electron chi connectivity index (χ3n) is 3.91. The van der Waals surface area contributed by atoms with E-state index in [9.17, 15) is 14.7 Å². The molecule has 0 spiro atoms. The van der Waals surface area contributed by atoms with Crippen LogP contribution in [0.2, 0.25) is 0 Å². The van der Waals surface area contributed by atoms with E-state index >= 15 is 0 Å². The molecule has 1 amide bonds. The third kappa shape index (κ3) is 3.95.